The highest BCUT2D eigenvalue weighted by molar-refractivity contribution is 6.09. The van der Waals surface area contributed by atoms with Gasteiger partial charge in [-0.1, -0.05) is 0 Å². The Labute approximate surface area is 134 Å². The number of nitrogens with two attached hydrogens (primary N) is 1. The number of ether oxygens (including phenoxy) is 1. The summed E-state index contributed by atoms with van der Waals surface area (Å²) in [5, 5.41) is 30.4. The first kappa shape index (κ1) is 18.1. The van der Waals surface area contributed by atoms with Gasteiger partial charge in [-0.25, -0.2) is 9.18 Å². The lowest BCUT2D eigenvalue weighted by Crippen LogP contribution is -2.58. The largest absolute Gasteiger partial charge is 0.387 e. The third-order valence-electron chi connectivity index (χ3n) is 3.93. The monoisotopic (exact) mass is 345 g/mol. The van der Waals surface area contributed by atoms with Crippen LogP contribution in [0.2, 0.25) is 0 Å². The number of aromatic nitrogens is 2. The Kier molecular flexibility index (Phi) is 4.55. The topological polar surface area (TPSA) is 165 Å². The molecule has 11 heteroatoms. The van der Waals surface area contributed by atoms with E-state index < -0.39 is 59.0 Å². The molecule has 0 aromatic carbocycles. The van der Waals surface area contributed by atoms with E-state index in [1.165, 1.54) is 0 Å². The van der Waals surface area contributed by atoms with Crippen LogP contribution in [0.3, 0.4) is 0 Å². The maximum atomic E-state index is 13.5. The van der Waals surface area contributed by atoms with Crippen LogP contribution >= 0.6 is 0 Å². The molecule has 0 bridgehead atoms. The van der Waals surface area contributed by atoms with E-state index in [0.717, 1.165) is 13.8 Å². The minimum atomic E-state index is -2.74. The van der Waals surface area contributed by atoms with Gasteiger partial charge in [0.25, 0.3) is 0 Å². The molecular formula is C13H16FN3O7. The van der Waals surface area contributed by atoms with E-state index >= 15 is 0 Å². The number of carbonyl (C=O) groups excluding carboxylic acids is 2. The number of nitrogen functional groups attached to an aromatic ring is 1. The molecule has 1 aromatic rings. The van der Waals surface area contributed by atoms with Gasteiger partial charge in [-0.15, -0.1) is 0 Å². The number of ketones is 2. The molecule has 10 nitrogen and oxygen atoms in total. The summed E-state index contributed by atoms with van der Waals surface area (Å²) in [6, 6.07) is 0. The van der Waals surface area contributed by atoms with E-state index in [2.05, 4.69) is 4.98 Å². The van der Waals surface area contributed by atoms with Crippen LogP contribution in [-0.4, -0.2) is 60.4 Å². The molecule has 0 amide bonds. The van der Waals surface area contributed by atoms with Gasteiger partial charge in [-0.3, -0.25) is 14.2 Å². The van der Waals surface area contributed by atoms with Crippen LogP contribution in [0.25, 0.3) is 0 Å². The molecule has 5 N–H and O–H groups in total. The zero-order valence-corrected chi connectivity index (χ0v) is 12.7. The van der Waals surface area contributed by atoms with Gasteiger partial charge in [0, 0.05) is 0 Å². The van der Waals surface area contributed by atoms with Crippen molar-refractivity contribution in [1.82, 2.24) is 9.55 Å². The fourth-order valence-corrected chi connectivity index (χ4v) is 2.52. The lowest BCUT2D eigenvalue weighted by Gasteiger charge is -2.30. The summed E-state index contributed by atoms with van der Waals surface area (Å²) in [7, 11) is 0. The molecule has 1 aliphatic heterocycles. The van der Waals surface area contributed by atoms with Crippen molar-refractivity contribution in [3.05, 3.63) is 22.5 Å². The van der Waals surface area contributed by atoms with Crippen molar-refractivity contribution in [2.75, 3.05) is 5.73 Å². The molecule has 1 fully saturated rings. The molecule has 1 aromatic heterocycles. The Morgan fingerprint density at radius 3 is 2.38 bits per heavy atom. The average molecular weight is 345 g/mol. The van der Waals surface area contributed by atoms with Crippen molar-refractivity contribution in [3.8, 4) is 0 Å². The standard InChI is InChI=1S/C13H16FN3O7/c1-4(18)13(23,5(2)19)9-7(20)8(21)11(24-9)17-3-6(14)10(15)16-12(17)22/h3,7-9,11,20-21,23H,1-2H3,(H2,15,16,22)/t7-,8+,9-,11+/m0/s1. The fraction of sp³-hybridized carbons (Fsp3) is 0.538. The Hall–Kier alpha value is -2.21. The van der Waals surface area contributed by atoms with Crippen molar-refractivity contribution in [3.63, 3.8) is 0 Å². The summed E-state index contributed by atoms with van der Waals surface area (Å²) in [6.45, 7) is 1.79. The molecule has 4 atom stereocenters. The second kappa shape index (κ2) is 6.02. The number of hydrogen-bond acceptors (Lipinski definition) is 9. The van der Waals surface area contributed by atoms with Gasteiger partial charge in [0.15, 0.2) is 29.4 Å². The number of nitrogens with zero attached hydrogens (tertiary/aromatic N) is 2. The number of halogens is 1. The van der Waals surface area contributed by atoms with Crippen LogP contribution in [0.15, 0.2) is 11.0 Å². The molecular weight excluding hydrogens is 329 g/mol. The van der Waals surface area contributed by atoms with Gasteiger partial charge in [0.2, 0.25) is 5.60 Å². The van der Waals surface area contributed by atoms with E-state index in [-0.39, 0.29) is 0 Å². The molecule has 0 aliphatic carbocycles. The second-order valence-corrected chi connectivity index (χ2v) is 5.47. The van der Waals surface area contributed by atoms with Crippen molar-refractivity contribution in [1.29, 1.82) is 0 Å². The highest BCUT2D eigenvalue weighted by Crippen LogP contribution is 2.35. The fourth-order valence-electron chi connectivity index (χ4n) is 2.52. The molecule has 2 heterocycles. The third-order valence-corrected chi connectivity index (χ3v) is 3.93. The zero-order chi connectivity index (χ0) is 18.4. The number of hydrogen-bond donors (Lipinski definition) is 4. The molecule has 132 valence electrons. The van der Waals surface area contributed by atoms with E-state index in [0.29, 0.717) is 10.8 Å². The lowest BCUT2D eigenvalue weighted by molar-refractivity contribution is -0.173. The Bertz CT molecular complexity index is 736. The van der Waals surface area contributed by atoms with Gasteiger partial charge in [0.05, 0.1) is 6.20 Å². The van der Waals surface area contributed by atoms with Crippen LogP contribution in [-0.2, 0) is 14.3 Å². The summed E-state index contributed by atoms with van der Waals surface area (Å²) in [5.74, 6) is -3.82. The number of carbonyl (C=O) groups is 2. The van der Waals surface area contributed by atoms with E-state index in [1.54, 1.807) is 0 Å². The molecule has 2 rings (SSSR count). The highest BCUT2D eigenvalue weighted by atomic mass is 19.1. The average Bonchev–Trinajstić information content (AvgIpc) is 2.78. The van der Waals surface area contributed by atoms with Gasteiger partial charge in [-0.2, -0.15) is 4.98 Å². The molecule has 0 unspecified atom stereocenters. The van der Waals surface area contributed by atoms with Crippen molar-refractivity contribution in [2.45, 2.75) is 44.0 Å². The SMILES string of the molecule is CC(=O)C(O)(C(C)=O)[C@H]1O[C@@H](n2cc(F)c(N)nc2=O)[C@H](O)[C@@H]1O. The van der Waals surface area contributed by atoms with E-state index in [4.69, 9.17) is 10.5 Å². The Balaban J connectivity index is 2.48. The second-order valence-electron chi connectivity index (χ2n) is 5.47. The van der Waals surface area contributed by atoms with Crippen LogP contribution in [0.4, 0.5) is 10.2 Å². The number of anilines is 1. The third kappa shape index (κ3) is 2.60. The van der Waals surface area contributed by atoms with Gasteiger partial charge in [-0.05, 0) is 13.8 Å². The summed E-state index contributed by atoms with van der Waals surface area (Å²) < 4.78 is 19.2. The van der Waals surface area contributed by atoms with Gasteiger partial charge < -0.3 is 25.8 Å². The molecule has 0 spiro atoms. The Morgan fingerprint density at radius 2 is 1.88 bits per heavy atom. The van der Waals surface area contributed by atoms with Crippen molar-refractivity contribution in [2.24, 2.45) is 0 Å². The summed E-state index contributed by atoms with van der Waals surface area (Å²) in [4.78, 5) is 38.3. The number of Topliss-reactive ketones (excluding diaryl/α,β-unsaturated/α-hetero) is 2. The number of aliphatic hydroxyl groups excluding tert-OH is 2. The smallest absolute Gasteiger partial charge is 0.351 e. The van der Waals surface area contributed by atoms with Crippen molar-refractivity contribution >= 4 is 17.4 Å². The normalized spacial score (nSPS) is 27.2. The predicted molar refractivity (Wildman–Crippen MR) is 75.1 cm³/mol. The van der Waals surface area contributed by atoms with E-state index in [1.807, 2.05) is 0 Å². The molecule has 1 saturated heterocycles. The first-order valence-corrected chi connectivity index (χ1v) is 6.82. The minimum Gasteiger partial charge on any atom is -0.387 e. The highest BCUT2D eigenvalue weighted by Gasteiger charge is 2.58. The van der Waals surface area contributed by atoms with Crippen LogP contribution in [0.1, 0.15) is 20.1 Å². The Morgan fingerprint density at radius 1 is 1.33 bits per heavy atom. The molecule has 24 heavy (non-hydrogen) atoms. The van der Waals surface area contributed by atoms with Crippen LogP contribution < -0.4 is 11.4 Å². The number of aliphatic hydroxyl groups is 3. The summed E-state index contributed by atoms with van der Waals surface area (Å²) >= 11 is 0. The maximum absolute atomic E-state index is 13.5. The van der Waals surface area contributed by atoms with Crippen LogP contribution in [0.5, 0.6) is 0 Å². The summed E-state index contributed by atoms with van der Waals surface area (Å²) in [5.41, 5.74) is 1.31. The maximum Gasteiger partial charge on any atom is 0.351 e. The van der Waals surface area contributed by atoms with E-state index in [9.17, 15) is 34.1 Å². The summed E-state index contributed by atoms with van der Waals surface area (Å²) in [6.07, 6.45) is -6.71. The number of rotatable bonds is 4. The van der Waals surface area contributed by atoms with Gasteiger partial charge in [0.1, 0.15) is 18.3 Å². The quantitative estimate of drug-likeness (QED) is 0.431. The first-order chi connectivity index (χ1) is 11.0. The van der Waals surface area contributed by atoms with Gasteiger partial charge >= 0.3 is 5.69 Å². The molecule has 0 radical (unpaired) electrons. The van der Waals surface area contributed by atoms with Crippen molar-refractivity contribution < 1.29 is 34.0 Å². The molecule has 1 aliphatic rings. The zero-order valence-electron chi connectivity index (χ0n) is 12.7. The molecule has 0 saturated carbocycles. The lowest BCUT2D eigenvalue weighted by atomic mass is 9.85. The first-order valence-electron chi connectivity index (χ1n) is 6.82. The van der Waals surface area contributed by atoms with Crippen LogP contribution in [0, 0.1) is 5.82 Å². The predicted octanol–water partition coefficient (Wildman–Crippen LogP) is -2.51. The minimum absolute atomic E-state index is 0.500.